The molecule has 6 nitrogen and oxygen atoms in total. The van der Waals surface area contributed by atoms with Crippen LogP contribution in [0.1, 0.15) is 26.2 Å². The Kier molecular flexibility index (Phi) is 4.12. The van der Waals surface area contributed by atoms with Gasteiger partial charge in [0.25, 0.3) is 0 Å². The minimum Gasteiger partial charge on any atom is -0.480 e. The van der Waals surface area contributed by atoms with Crippen molar-refractivity contribution in [1.29, 1.82) is 0 Å². The first-order valence-corrected chi connectivity index (χ1v) is 5.41. The third-order valence-electron chi connectivity index (χ3n) is 3.12. The monoisotopic (exact) mass is 230 g/mol. The van der Waals surface area contributed by atoms with Crippen molar-refractivity contribution in [3.8, 4) is 0 Å². The third-order valence-corrected chi connectivity index (χ3v) is 3.12. The Morgan fingerprint density at radius 1 is 1.44 bits per heavy atom. The quantitative estimate of drug-likeness (QED) is 0.513. The van der Waals surface area contributed by atoms with Crippen LogP contribution in [-0.2, 0) is 4.79 Å². The van der Waals surface area contributed by atoms with E-state index in [-0.39, 0.29) is 5.41 Å². The largest absolute Gasteiger partial charge is 0.480 e. The smallest absolute Gasteiger partial charge is 0.328 e. The topological polar surface area (TPSA) is 98.7 Å². The maximum atomic E-state index is 11.3. The van der Waals surface area contributed by atoms with Gasteiger partial charge in [-0.3, -0.25) is 0 Å². The molecule has 0 aromatic heterocycles. The van der Waals surface area contributed by atoms with Crippen LogP contribution in [0.2, 0.25) is 0 Å². The van der Waals surface area contributed by atoms with Gasteiger partial charge in [0.15, 0.2) is 6.04 Å². The van der Waals surface area contributed by atoms with Crippen LogP contribution in [0.3, 0.4) is 0 Å². The van der Waals surface area contributed by atoms with E-state index in [1.165, 1.54) is 0 Å². The van der Waals surface area contributed by atoms with Crippen molar-refractivity contribution in [2.45, 2.75) is 32.2 Å². The van der Waals surface area contributed by atoms with Gasteiger partial charge in [0.05, 0.1) is 6.61 Å². The lowest BCUT2D eigenvalue weighted by molar-refractivity contribution is -0.140. The standard InChI is InChI=1S/C10H18N2O4/c1-2-10(3-4-10)6-11-9(16)12-7(5-13)8(14)15/h7,13H,2-6H2,1H3,(H,14,15)(H2,11,12,16). The molecule has 0 radical (unpaired) electrons. The van der Waals surface area contributed by atoms with E-state index in [9.17, 15) is 9.59 Å². The number of carboxylic acid groups (broad SMARTS) is 1. The van der Waals surface area contributed by atoms with Gasteiger partial charge >= 0.3 is 12.0 Å². The van der Waals surface area contributed by atoms with Crippen LogP contribution in [-0.4, -0.2) is 41.4 Å². The van der Waals surface area contributed by atoms with Gasteiger partial charge in [-0.05, 0) is 24.7 Å². The summed E-state index contributed by atoms with van der Waals surface area (Å²) in [6.45, 7) is 2.02. The van der Waals surface area contributed by atoms with Gasteiger partial charge in [-0.2, -0.15) is 0 Å². The van der Waals surface area contributed by atoms with Crippen LogP contribution in [0.4, 0.5) is 4.79 Å². The number of rotatable bonds is 6. The summed E-state index contributed by atoms with van der Waals surface area (Å²) < 4.78 is 0. The Morgan fingerprint density at radius 2 is 2.06 bits per heavy atom. The lowest BCUT2D eigenvalue weighted by Gasteiger charge is -2.16. The van der Waals surface area contributed by atoms with Crippen LogP contribution in [0.5, 0.6) is 0 Å². The van der Waals surface area contributed by atoms with Crippen molar-refractivity contribution in [2.75, 3.05) is 13.2 Å². The zero-order valence-corrected chi connectivity index (χ0v) is 9.32. The summed E-state index contributed by atoms with van der Waals surface area (Å²) in [5, 5.41) is 22.1. The van der Waals surface area contributed by atoms with E-state index in [0.29, 0.717) is 6.54 Å². The number of carbonyl (C=O) groups is 2. The highest BCUT2D eigenvalue weighted by Crippen LogP contribution is 2.47. The van der Waals surface area contributed by atoms with Crippen molar-refractivity contribution < 1.29 is 19.8 Å². The number of carboxylic acids is 1. The van der Waals surface area contributed by atoms with E-state index < -0.39 is 24.6 Å². The molecule has 0 aliphatic heterocycles. The van der Waals surface area contributed by atoms with Crippen molar-refractivity contribution in [2.24, 2.45) is 5.41 Å². The normalized spacial score (nSPS) is 18.6. The minimum absolute atomic E-state index is 0.218. The van der Waals surface area contributed by atoms with Crippen LogP contribution < -0.4 is 10.6 Å². The number of amides is 2. The average Bonchev–Trinajstić information content (AvgIpc) is 3.03. The molecule has 0 spiro atoms. The summed E-state index contributed by atoms with van der Waals surface area (Å²) in [6.07, 6.45) is 3.22. The number of nitrogens with one attached hydrogen (secondary N) is 2. The summed E-state index contributed by atoms with van der Waals surface area (Å²) >= 11 is 0. The summed E-state index contributed by atoms with van der Waals surface area (Å²) in [4.78, 5) is 21.8. The highest BCUT2D eigenvalue weighted by Gasteiger charge is 2.40. The summed E-state index contributed by atoms with van der Waals surface area (Å²) in [5.41, 5.74) is 0.218. The van der Waals surface area contributed by atoms with Crippen molar-refractivity contribution in [1.82, 2.24) is 10.6 Å². The number of carbonyl (C=O) groups excluding carboxylic acids is 1. The molecule has 2 amide bonds. The van der Waals surface area contributed by atoms with Gasteiger partial charge in [0.1, 0.15) is 0 Å². The summed E-state index contributed by atoms with van der Waals surface area (Å²) in [7, 11) is 0. The fourth-order valence-electron chi connectivity index (χ4n) is 1.49. The molecule has 16 heavy (non-hydrogen) atoms. The highest BCUT2D eigenvalue weighted by molar-refractivity contribution is 5.82. The molecular weight excluding hydrogens is 212 g/mol. The van der Waals surface area contributed by atoms with Crippen molar-refractivity contribution in [3.05, 3.63) is 0 Å². The molecule has 0 bridgehead atoms. The number of aliphatic hydroxyl groups is 1. The Bertz CT molecular complexity index is 276. The molecule has 1 rings (SSSR count). The van der Waals surface area contributed by atoms with Gasteiger partial charge in [-0.25, -0.2) is 9.59 Å². The molecule has 1 aliphatic rings. The molecule has 92 valence electrons. The van der Waals surface area contributed by atoms with E-state index in [2.05, 4.69) is 17.6 Å². The Labute approximate surface area is 94.0 Å². The molecular formula is C10H18N2O4. The molecule has 1 aliphatic carbocycles. The first-order chi connectivity index (χ1) is 7.53. The van der Waals surface area contributed by atoms with Crippen LogP contribution in [0, 0.1) is 5.41 Å². The van der Waals surface area contributed by atoms with Gasteiger partial charge in [-0.15, -0.1) is 0 Å². The van der Waals surface area contributed by atoms with Crippen LogP contribution in [0.15, 0.2) is 0 Å². The molecule has 1 saturated carbocycles. The Hall–Kier alpha value is -1.30. The molecule has 0 saturated heterocycles. The molecule has 0 aromatic rings. The van der Waals surface area contributed by atoms with Gasteiger partial charge in [0, 0.05) is 6.54 Å². The number of hydrogen-bond donors (Lipinski definition) is 4. The molecule has 1 atom stereocenters. The van der Waals surface area contributed by atoms with Crippen molar-refractivity contribution in [3.63, 3.8) is 0 Å². The number of aliphatic hydroxyl groups excluding tert-OH is 1. The van der Waals surface area contributed by atoms with Gasteiger partial charge < -0.3 is 20.8 Å². The maximum Gasteiger partial charge on any atom is 0.328 e. The molecule has 0 aromatic carbocycles. The first kappa shape index (κ1) is 12.8. The average molecular weight is 230 g/mol. The molecule has 1 fully saturated rings. The number of urea groups is 1. The predicted molar refractivity (Wildman–Crippen MR) is 57.0 cm³/mol. The van der Waals surface area contributed by atoms with E-state index in [4.69, 9.17) is 10.2 Å². The van der Waals surface area contributed by atoms with Gasteiger partial charge in [0.2, 0.25) is 0 Å². The first-order valence-electron chi connectivity index (χ1n) is 5.41. The molecule has 0 heterocycles. The highest BCUT2D eigenvalue weighted by atomic mass is 16.4. The lowest BCUT2D eigenvalue weighted by atomic mass is 10.0. The maximum absolute atomic E-state index is 11.3. The van der Waals surface area contributed by atoms with Crippen LogP contribution >= 0.6 is 0 Å². The molecule has 1 unspecified atom stereocenters. The SMILES string of the molecule is CCC1(CNC(=O)NC(CO)C(=O)O)CC1. The lowest BCUT2D eigenvalue weighted by Crippen LogP contribution is -2.48. The van der Waals surface area contributed by atoms with Gasteiger partial charge in [-0.1, -0.05) is 6.92 Å². The second kappa shape index (κ2) is 5.16. The Balaban J connectivity index is 2.27. The third kappa shape index (κ3) is 3.37. The second-order valence-electron chi connectivity index (χ2n) is 4.25. The molecule has 6 heteroatoms. The van der Waals surface area contributed by atoms with Crippen molar-refractivity contribution >= 4 is 12.0 Å². The zero-order chi connectivity index (χ0) is 12.2. The number of hydrogen-bond acceptors (Lipinski definition) is 3. The van der Waals surface area contributed by atoms with E-state index in [1.54, 1.807) is 0 Å². The summed E-state index contributed by atoms with van der Waals surface area (Å²) in [6, 6.07) is -1.78. The number of aliphatic carboxylic acids is 1. The second-order valence-corrected chi connectivity index (χ2v) is 4.25. The summed E-state index contributed by atoms with van der Waals surface area (Å²) in [5.74, 6) is -1.24. The van der Waals surface area contributed by atoms with E-state index >= 15 is 0 Å². The Morgan fingerprint density at radius 3 is 2.44 bits per heavy atom. The van der Waals surface area contributed by atoms with E-state index in [0.717, 1.165) is 19.3 Å². The minimum atomic E-state index is -1.24. The fraction of sp³-hybridized carbons (Fsp3) is 0.800. The molecule has 4 N–H and O–H groups in total. The van der Waals surface area contributed by atoms with Crippen LogP contribution in [0.25, 0.3) is 0 Å². The fourth-order valence-corrected chi connectivity index (χ4v) is 1.49. The zero-order valence-electron chi connectivity index (χ0n) is 9.32. The van der Waals surface area contributed by atoms with E-state index in [1.807, 2.05) is 0 Å². The predicted octanol–water partition coefficient (Wildman–Crippen LogP) is -0.0787.